The summed E-state index contributed by atoms with van der Waals surface area (Å²) in [6.07, 6.45) is 5.08. The highest BCUT2D eigenvalue weighted by Crippen LogP contribution is 2.17. The summed E-state index contributed by atoms with van der Waals surface area (Å²) in [5.74, 6) is 0.473. The predicted octanol–water partition coefficient (Wildman–Crippen LogP) is 3.20. The molecule has 2 nitrogen and oxygen atoms in total. The van der Waals surface area contributed by atoms with Gasteiger partial charge in [-0.05, 0) is 19.3 Å². The highest BCUT2D eigenvalue weighted by Gasteiger charge is 2.12. The van der Waals surface area contributed by atoms with E-state index in [9.17, 15) is 0 Å². The average molecular weight is 229 g/mol. The van der Waals surface area contributed by atoms with Gasteiger partial charge < -0.3 is 0 Å². The fraction of sp³-hybridized carbons (Fsp3) is 0.500. The number of hydrogen-bond acceptors (Lipinski definition) is 2. The molecule has 0 radical (unpaired) electrons. The molecule has 2 unspecified atom stereocenters. The fourth-order valence-corrected chi connectivity index (χ4v) is 2.17. The monoisotopic (exact) mass is 228 g/mol. The lowest BCUT2D eigenvalue weighted by atomic mass is 10.0. The Labute approximate surface area is 92.5 Å². The molecule has 0 saturated carbocycles. The highest BCUT2D eigenvalue weighted by molar-refractivity contribution is 7.15. The van der Waals surface area contributed by atoms with E-state index in [1.54, 1.807) is 11.3 Å². The van der Waals surface area contributed by atoms with Gasteiger partial charge in [0.25, 0.3) is 0 Å². The number of aromatic nitrogens is 2. The second-order valence-corrected chi connectivity index (χ2v) is 5.25. The van der Waals surface area contributed by atoms with Gasteiger partial charge in [-0.15, -0.1) is 22.9 Å². The molecule has 14 heavy (non-hydrogen) atoms. The lowest BCUT2D eigenvalue weighted by Gasteiger charge is -2.10. The maximum atomic E-state index is 6.02. The molecule has 0 saturated heterocycles. The van der Waals surface area contributed by atoms with Gasteiger partial charge >= 0.3 is 0 Å². The molecule has 0 aliphatic heterocycles. The van der Waals surface area contributed by atoms with Crippen LogP contribution in [0.5, 0.6) is 0 Å². The number of hydrogen-bond donors (Lipinski definition) is 0. The van der Waals surface area contributed by atoms with Crippen LogP contribution in [-0.4, -0.2) is 14.8 Å². The van der Waals surface area contributed by atoms with Crippen LogP contribution in [0.3, 0.4) is 0 Å². The SMILES string of the molecule is CC(Cl)C(C)Cc1cn2ccsc2n1. The molecule has 0 N–H and O–H groups in total. The van der Waals surface area contributed by atoms with Gasteiger partial charge in [-0.2, -0.15) is 0 Å². The van der Waals surface area contributed by atoms with Gasteiger partial charge in [0.1, 0.15) is 0 Å². The van der Waals surface area contributed by atoms with Gasteiger partial charge in [-0.3, -0.25) is 4.40 Å². The lowest BCUT2D eigenvalue weighted by Crippen LogP contribution is -2.10. The van der Waals surface area contributed by atoms with Gasteiger partial charge in [-0.25, -0.2) is 4.98 Å². The van der Waals surface area contributed by atoms with Crippen molar-refractivity contribution in [2.45, 2.75) is 25.6 Å². The van der Waals surface area contributed by atoms with Crippen molar-refractivity contribution < 1.29 is 0 Å². The van der Waals surface area contributed by atoms with Gasteiger partial charge in [0.2, 0.25) is 0 Å². The van der Waals surface area contributed by atoms with Crippen molar-refractivity contribution in [3.63, 3.8) is 0 Å². The third kappa shape index (κ3) is 1.93. The van der Waals surface area contributed by atoms with E-state index in [1.165, 1.54) is 0 Å². The first-order valence-corrected chi connectivity index (χ1v) is 6.03. The topological polar surface area (TPSA) is 17.3 Å². The van der Waals surface area contributed by atoms with E-state index in [0.717, 1.165) is 17.1 Å². The molecule has 2 aromatic heterocycles. The zero-order valence-electron chi connectivity index (χ0n) is 8.27. The molecular formula is C10H13ClN2S. The van der Waals surface area contributed by atoms with E-state index >= 15 is 0 Å². The summed E-state index contributed by atoms with van der Waals surface area (Å²) in [4.78, 5) is 5.58. The summed E-state index contributed by atoms with van der Waals surface area (Å²) in [7, 11) is 0. The third-order valence-corrected chi connectivity index (χ3v) is 3.66. The van der Waals surface area contributed by atoms with Crippen LogP contribution in [-0.2, 0) is 6.42 Å². The van der Waals surface area contributed by atoms with Crippen molar-refractivity contribution >= 4 is 27.9 Å². The minimum atomic E-state index is 0.203. The summed E-state index contributed by atoms with van der Waals surface area (Å²) in [5.41, 5.74) is 1.14. The molecule has 2 heterocycles. The first-order valence-electron chi connectivity index (χ1n) is 4.72. The molecule has 0 amide bonds. The average Bonchev–Trinajstić information content (AvgIpc) is 2.63. The standard InChI is InChI=1S/C10H13ClN2S/c1-7(8(2)11)5-9-6-13-3-4-14-10(13)12-9/h3-4,6-8H,5H2,1-2H3. The van der Waals surface area contributed by atoms with Crippen molar-refractivity contribution in [1.82, 2.24) is 9.38 Å². The van der Waals surface area contributed by atoms with Gasteiger partial charge in [0.05, 0.1) is 5.69 Å². The summed E-state index contributed by atoms with van der Waals surface area (Å²) in [6, 6.07) is 0. The van der Waals surface area contributed by atoms with Crippen LogP contribution in [0.25, 0.3) is 4.96 Å². The fourth-order valence-electron chi connectivity index (χ4n) is 1.37. The molecule has 0 aliphatic carbocycles. The zero-order valence-corrected chi connectivity index (χ0v) is 9.85. The van der Waals surface area contributed by atoms with Crippen LogP contribution in [0.15, 0.2) is 17.8 Å². The molecule has 0 bridgehead atoms. The van der Waals surface area contributed by atoms with Crippen LogP contribution in [0, 0.1) is 5.92 Å². The van der Waals surface area contributed by atoms with Gasteiger partial charge in [0.15, 0.2) is 4.96 Å². The smallest absolute Gasteiger partial charge is 0.193 e. The molecular weight excluding hydrogens is 216 g/mol. The summed E-state index contributed by atoms with van der Waals surface area (Å²) >= 11 is 7.68. The van der Waals surface area contributed by atoms with E-state index in [1.807, 2.05) is 18.5 Å². The second kappa shape index (κ2) is 3.91. The van der Waals surface area contributed by atoms with Crippen molar-refractivity contribution in [2.24, 2.45) is 5.92 Å². The largest absolute Gasteiger partial charge is 0.297 e. The number of imidazole rings is 1. The number of fused-ring (bicyclic) bond motifs is 1. The highest BCUT2D eigenvalue weighted by atomic mass is 35.5. The second-order valence-electron chi connectivity index (χ2n) is 3.68. The number of rotatable bonds is 3. The summed E-state index contributed by atoms with van der Waals surface area (Å²) in [6.45, 7) is 4.19. The molecule has 0 fully saturated rings. The van der Waals surface area contributed by atoms with E-state index in [-0.39, 0.29) is 5.38 Å². The number of thiazole rings is 1. The lowest BCUT2D eigenvalue weighted by molar-refractivity contribution is 0.562. The Morgan fingerprint density at radius 3 is 3.00 bits per heavy atom. The molecule has 0 spiro atoms. The van der Waals surface area contributed by atoms with Crippen LogP contribution in [0.4, 0.5) is 0 Å². The Morgan fingerprint density at radius 1 is 1.57 bits per heavy atom. The number of nitrogens with zero attached hydrogens (tertiary/aromatic N) is 2. The zero-order chi connectivity index (χ0) is 10.1. The van der Waals surface area contributed by atoms with E-state index in [4.69, 9.17) is 11.6 Å². The van der Waals surface area contributed by atoms with Crippen molar-refractivity contribution in [3.8, 4) is 0 Å². The van der Waals surface area contributed by atoms with Crippen LogP contribution >= 0.6 is 22.9 Å². The van der Waals surface area contributed by atoms with Crippen molar-refractivity contribution in [2.75, 3.05) is 0 Å². The van der Waals surface area contributed by atoms with Crippen LogP contribution < -0.4 is 0 Å². The molecule has 0 aromatic carbocycles. The third-order valence-electron chi connectivity index (χ3n) is 2.46. The predicted molar refractivity (Wildman–Crippen MR) is 61.3 cm³/mol. The first kappa shape index (κ1) is 9.99. The van der Waals surface area contributed by atoms with E-state index in [0.29, 0.717) is 5.92 Å². The number of alkyl halides is 1. The molecule has 76 valence electrons. The van der Waals surface area contributed by atoms with Gasteiger partial charge in [-0.1, -0.05) is 6.92 Å². The Hall–Kier alpha value is -0.540. The minimum Gasteiger partial charge on any atom is -0.297 e. The Bertz CT molecular complexity index is 390. The van der Waals surface area contributed by atoms with Crippen LogP contribution in [0.2, 0.25) is 0 Å². The Balaban J connectivity index is 2.15. The first-order chi connectivity index (χ1) is 6.66. The van der Waals surface area contributed by atoms with Crippen LogP contribution in [0.1, 0.15) is 19.5 Å². The molecule has 2 atom stereocenters. The Kier molecular flexibility index (Phi) is 2.79. The maximum absolute atomic E-state index is 6.02. The van der Waals surface area contributed by atoms with Gasteiger partial charge in [0, 0.05) is 23.2 Å². The summed E-state index contributed by atoms with van der Waals surface area (Å²) in [5, 5.41) is 2.24. The maximum Gasteiger partial charge on any atom is 0.193 e. The molecule has 0 aliphatic rings. The van der Waals surface area contributed by atoms with Crippen molar-refractivity contribution in [1.29, 1.82) is 0 Å². The van der Waals surface area contributed by atoms with E-state index < -0.39 is 0 Å². The Morgan fingerprint density at radius 2 is 2.36 bits per heavy atom. The van der Waals surface area contributed by atoms with E-state index in [2.05, 4.69) is 22.5 Å². The molecule has 2 rings (SSSR count). The quantitative estimate of drug-likeness (QED) is 0.738. The number of halogens is 1. The van der Waals surface area contributed by atoms with Crippen molar-refractivity contribution in [3.05, 3.63) is 23.5 Å². The summed E-state index contributed by atoms with van der Waals surface area (Å²) < 4.78 is 2.06. The molecule has 2 aromatic rings. The molecule has 4 heteroatoms. The minimum absolute atomic E-state index is 0.203. The normalized spacial score (nSPS) is 15.9.